The van der Waals surface area contributed by atoms with Crippen LogP contribution in [0.25, 0.3) is 0 Å². The third kappa shape index (κ3) is 4.62. The van der Waals surface area contributed by atoms with E-state index in [1.54, 1.807) is 12.3 Å². The third-order valence-electron chi connectivity index (χ3n) is 4.10. The molecule has 0 radical (unpaired) electrons. The minimum atomic E-state index is -0.475. The first-order valence-electron chi connectivity index (χ1n) is 8.19. The number of nitrogens with zero attached hydrogens (tertiary/aromatic N) is 3. The smallest absolute Gasteiger partial charge is 0.229 e. The topological polar surface area (TPSA) is 70.2 Å². The van der Waals surface area contributed by atoms with Gasteiger partial charge in [0.05, 0.1) is 9.50 Å². The summed E-state index contributed by atoms with van der Waals surface area (Å²) in [6.07, 6.45) is 3.38. The molecule has 6 nitrogen and oxygen atoms in total. The Kier molecular flexibility index (Phi) is 5.93. The lowest BCUT2D eigenvalue weighted by atomic mass is 10.1. The van der Waals surface area contributed by atoms with Crippen LogP contribution in [-0.4, -0.2) is 35.0 Å². The molecule has 1 amide bonds. The number of aromatic nitrogens is 2. The number of amides is 1. The quantitative estimate of drug-likeness (QED) is 0.752. The van der Waals surface area contributed by atoms with Crippen molar-refractivity contribution >= 4 is 50.9 Å². The van der Waals surface area contributed by atoms with Crippen molar-refractivity contribution in [2.24, 2.45) is 0 Å². The van der Waals surface area contributed by atoms with Crippen molar-refractivity contribution < 1.29 is 9.18 Å². The Morgan fingerprint density at radius 2 is 2.12 bits per heavy atom. The highest BCUT2D eigenvalue weighted by Crippen LogP contribution is 2.28. The Balaban J connectivity index is 1.72. The highest BCUT2D eigenvalue weighted by molar-refractivity contribution is 9.10. The highest BCUT2D eigenvalue weighted by Gasteiger charge is 2.22. The number of anilines is 3. The molecule has 3 rings (SSSR count). The third-order valence-corrected chi connectivity index (χ3v) is 4.95. The molecule has 1 aliphatic heterocycles. The molecule has 0 aliphatic carbocycles. The van der Waals surface area contributed by atoms with E-state index < -0.39 is 5.82 Å². The van der Waals surface area contributed by atoms with Crippen molar-refractivity contribution in [1.29, 1.82) is 0 Å². The van der Waals surface area contributed by atoms with E-state index in [1.165, 1.54) is 19.1 Å². The molecule has 138 valence electrons. The lowest BCUT2D eigenvalue weighted by molar-refractivity contribution is -0.119. The van der Waals surface area contributed by atoms with Gasteiger partial charge in [0.25, 0.3) is 0 Å². The Hall–Kier alpha value is -1.93. The fourth-order valence-electron chi connectivity index (χ4n) is 2.87. The van der Waals surface area contributed by atoms with E-state index in [1.807, 2.05) is 0 Å². The van der Waals surface area contributed by atoms with Gasteiger partial charge in [-0.1, -0.05) is 11.6 Å². The van der Waals surface area contributed by atoms with E-state index in [-0.39, 0.29) is 17.0 Å². The van der Waals surface area contributed by atoms with E-state index in [2.05, 4.69) is 41.4 Å². The average molecular weight is 443 g/mol. The maximum Gasteiger partial charge on any atom is 0.229 e. The highest BCUT2D eigenvalue weighted by atomic mass is 79.9. The molecule has 26 heavy (non-hydrogen) atoms. The number of hydrogen-bond donors (Lipinski definition) is 2. The Morgan fingerprint density at radius 1 is 1.38 bits per heavy atom. The number of piperidine rings is 1. The standard InChI is InChI=1S/C17H18BrClFN5O/c1-10(26)22-11-4-6-25(7-5-11)16-13(18)9-21-17(24-16)23-12-2-3-15(20)14(19)8-12/h2-3,8-9,11H,4-7H2,1H3,(H,22,26)(H,21,23,24). The van der Waals surface area contributed by atoms with Gasteiger partial charge >= 0.3 is 0 Å². The van der Waals surface area contributed by atoms with E-state index in [9.17, 15) is 9.18 Å². The summed E-state index contributed by atoms with van der Waals surface area (Å²) in [5, 5.41) is 6.03. The number of nitrogens with one attached hydrogen (secondary N) is 2. The number of hydrogen-bond acceptors (Lipinski definition) is 5. The van der Waals surface area contributed by atoms with Gasteiger partial charge < -0.3 is 15.5 Å². The summed E-state index contributed by atoms with van der Waals surface area (Å²) in [6.45, 7) is 3.10. The zero-order valence-electron chi connectivity index (χ0n) is 14.1. The maximum atomic E-state index is 13.3. The molecule has 2 aromatic rings. The number of carbonyl (C=O) groups excluding carboxylic acids is 1. The summed E-state index contributed by atoms with van der Waals surface area (Å²) in [4.78, 5) is 22.1. The Morgan fingerprint density at radius 3 is 2.77 bits per heavy atom. The van der Waals surface area contributed by atoms with E-state index in [0.29, 0.717) is 11.6 Å². The molecule has 0 spiro atoms. The zero-order valence-corrected chi connectivity index (χ0v) is 16.4. The molecule has 1 saturated heterocycles. The van der Waals surface area contributed by atoms with Gasteiger partial charge in [-0.05, 0) is 47.0 Å². The number of halogens is 3. The first-order chi connectivity index (χ1) is 12.4. The van der Waals surface area contributed by atoms with Crippen LogP contribution in [-0.2, 0) is 4.79 Å². The molecule has 0 atom stereocenters. The molecule has 1 aromatic carbocycles. The Bertz CT molecular complexity index is 814. The Labute approximate surface area is 164 Å². The van der Waals surface area contributed by atoms with E-state index >= 15 is 0 Å². The second kappa shape index (κ2) is 8.18. The molecule has 9 heteroatoms. The average Bonchev–Trinajstić information content (AvgIpc) is 2.60. The summed E-state index contributed by atoms with van der Waals surface area (Å²) in [5.74, 6) is 0.694. The molecule has 1 aliphatic rings. The summed E-state index contributed by atoms with van der Waals surface area (Å²) >= 11 is 9.30. The minimum absolute atomic E-state index is 0.00360. The molecule has 1 fully saturated rings. The predicted octanol–water partition coefficient (Wildman–Crippen LogP) is 3.88. The van der Waals surface area contributed by atoms with Gasteiger partial charge in [-0.15, -0.1) is 0 Å². The van der Waals surface area contributed by atoms with Crippen LogP contribution in [0.5, 0.6) is 0 Å². The second-order valence-corrected chi connectivity index (χ2v) is 7.34. The van der Waals surface area contributed by atoms with E-state index in [0.717, 1.165) is 36.2 Å². The monoisotopic (exact) mass is 441 g/mol. The van der Waals surface area contributed by atoms with Crippen molar-refractivity contribution in [3.63, 3.8) is 0 Å². The van der Waals surface area contributed by atoms with Gasteiger partial charge in [0.15, 0.2) is 0 Å². The van der Waals surface area contributed by atoms with Crippen molar-refractivity contribution in [1.82, 2.24) is 15.3 Å². The van der Waals surface area contributed by atoms with Crippen molar-refractivity contribution in [3.8, 4) is 0 Å². The van der Waals surface area contributed by atoms with Crippen LogP contribution in [0.3, 0.4) is 0 Å². The molecule has 2 heterocycles. The van der Waals surface area contributed by atoms with Gasteiger partial charge in [0, 0.05) is 37.9 Å². The first kappa shape index (κ1) is 18.8. The molecule has 0 saturated carbocycles. The lowest BCUT2D eigenvalue weighted by Gasteiger charge is -2.33. The molecular formula is C17H18BrClFN5O. The maximum absolute atomic E-state index is 13.3. The predicted molar refractivity (Wildman–Crippen MR) is 103 cm³/mol. The molecule has 1 aromatic heterocycles. The number of rotatable bonds is 4. The van der Waals surface area contributed by atoms with Crippen LogP contribution >= 0.6 is 27.5 Å². The van der Waals surface area contributed by atoms with Gasteiger partial charge in [0.1, 0.15) is 11.6 Å². The number of benzene rings is 1. The SMILES string of the molecule is CC(=O)NC1CCN(c2nc(Nc3ccc(F)c(Cl)c3)ncc2Br)CC1. The summed E-state index contributed by atoms with van der Waals surface area (Å²) in [5.41, 5.74) is 0.606. The van der Waals surface area contributed by atoms with Gasteiger partial charge in [-0.3, -0.25) is 4.79 Å². The van der Waals surface area contributed by atoms with Crippen molar-refractivity contribution in [3.05, 3.63) is 39.7 Å². The second-order valence-electron chi connectivity index (χ2n) is 6.08. The van der Waals surface area contributed by atoms with Gasteiger partial charge in [-0.2, -0.15) is 4.98 Å². The largest absolute Gasteiger partial charge is 0.355 e. The van der Waals surface area contributed by atoms with Crippen LogP contribution in [0.4, 0.5) is 21.8 Å². The molecule has 2 N–H and O–H groups in total. The fourth-order valence-corrected chi connectivity index (χ4v) is 3.49. The first-order valence-corrected chi connectivity index (χ1v) is 9.36. The van der Waals surface area contributed by atoms with Crippen LogP contribution in [0, 0.1) is 5.82 Å². The summed E-state index contributed by atoms with van der Waals surface area (Å²) < 4.78 is 14.1. The van der Waals surface area contributed by atoms with Gasteiger partial charge in [0.2, 0.25) is 11.9 Å². The van der Waals surface area contributed by atoms with Crippen LogP contribution in [0.1, 0.15) is 19.8 Å². The van der Waals surface area contributed by atoms with E-state index in [4.69, 9.17) is 11.6 Å². The molecular weight excluding hydrogens is 425 g/mol. The van der Waals surface area contributed by atoms with Crippen LogP contribution < -0.4 is 15.5 Å². The van der Waals surface area contributed by atoms with Gasteiger partial charge in [-0.25, -0.2) is 9.37 Å². The lowest BCUT2D eigenvalue weighted by Crippen LogP contribution is -2.44. The summed E-state index contributed by atoms with van der Waals surface area (Å²) in [7, 11) is 0. The number of carbonyl (C=O) groups is 1. The summed E-state index contributed by atoms with van der Waals surface area (Å²) in [6, 6.07) is 4.55. The minimum Gasteiger partial charge on any atom is -0.355 e. The van der Waals surface area contributed by atoms with Crippen molar-refractivity contribution in [2.75, 3.05) is 23.3 Å². The molecule has 0 unspecified atom stereocenters. The normalized spacial score (nSPS) is 15.0. The van der Waals surface area contributed by atoms with Crippen molar-refractivity contribution in [2.45, 2.75) is 25.8 Å². The fraction of sp³-hybridized carbons (Fsp3) is 0.353. The zero-order chi connectivity index (χ0) is 18.7. The van der Waals surface area contributed by atoms with Crippen LogP contribution in [0.15, 0.2) is 28.9 Å². The molecule has 0 bridgehead atoms. The van der Waals surface area contributed by atoms with Crippen LogP contribution in [0.2, 0.25) is 5.02 Å².